The molecule has 0 atom stereocenters. The van der Waals surface area contributed by atoms with Crippen LogP contribution in [0.2, 0.25) is 32.7 Å². The Hall–Kier alpha value is -0.209. The Morgan fingerprint density at radius 1 is 0.947 bits per heavy atom. The molecule has 0 aliphatic rings. The van der Waals surface area contributed by atoms with E-state index in [2.05, 4.69) is 65.6 Å². The summed E-state index contributed by atoms with van der Waals surface area (Å²) in [4.78, 5) is 0. The van der Waals surface area contributed by atoms with Crippen LogP contribution in [0.15, 0.2) is 12.1 Å². The molecule has 108 valence electrons. The molecule has 0 bridgehead atoms. The zero-order valence-electron chi connectivity index (χ0n) is 13.7. The molecular weight excluding hydrogens is 284 g/mol. The van der Waals surface area contributed by atoms with E-state index in [1.54, 1.807) is 0 Å². The molecule has 0 spiro atoms. The molecule has 0 saturated heterocycles. The minimum atomic E-state index is -1.95. The summed E-state index contributed by atoms with van der Waals surface area (Å²) in [5, 5.41) is 1.41. The van der Waals surface area contributed by atoms with Gasteiger partial charge in [0.25, 0.3) is 0 Å². The molecule has 1 rings (SSSR count). The Balaban J connectivity index is 3.10. The van der Waals surface area contributed by atoms with Crippen molar-refractivity contribution >= 4 is 31.8 Å². The molecular formula is C14H28O2Si3. The average Bonchev–Trinajstić information content (AvgIpc) is 2.23. The Morgan fingerprint density at radius 3 is 2.05 bits per heavy atom. The van der Waals surface area contributed by atoms with E-state index >= 15 is 0 Å². The third-order valence-electron chi connectivity index (χ3n) is 3.70. The topological polar surface area (TPSA) is 18.5 Å². The second kappa shape index (κ2) is 6.05. The predicted octanol–water partition coefficient (Wildman–Crippen LogP) is 2.89. The summed E-state index contributed by atoms with van der Waals surface area (Å²) in [7, 11) is -4.25. The Kier molecular flexibility index (Phi) is 5.36. The van der Waals surface area contributed by atoms with Crippen molar-refractivity contribution in [3.63, 3.8) is 0 Å². The van der Waals surface area contributed by atoms with Crippen LogP contribution >= 0.6 is 0 Å². The summed E-state index contributed by atoms with van der Waals surface area (Å²) in [6.45, 7) is 17.7. The van der Waals surface area contributed by atoms with E-state index in [-0.39, 0.29) is 0 Å². The minimum absolute atomic E-state index is 0.404. The van der Waals surface area contributed by atoms with Crippen LogP contribution in [0.5, 0.6) is 0 Å². The first-order valence-corrected chi connectivity index (χ1v) is 14.7. The Morgan fingerprint density at radius 2 is 1.53 bits per heavy atom. The van der Waals surface area contributed by atoms with Gasteiger partial charge in [0.15, 0.2) is 0 Å². The van der Waals surface area contributed by atoms with Crippen molar-refractivity contribution in [2.75, 3.05) is 0 Å². The average molecular weight is 313 g/mol. The van der Waals surface area contributed by atoms with E-state index < -0.39 is 26.6 Å². The quantitative estimate of drug-likeness (QED) is 0.778. The van der Waals surface area contributed by atoms with Gasteiger partial charge >= 0.3 is 8.56 Å². The van der Waals surface area contributed by atoms with Gasteiger partial charge in [0.1, 0.15) is 9.76 Å². The van der Waals surface area contributed by atoms with Gasteiger partial charge in [-0.25, -0.2) is 0 Å². The molecule has 0 unspecified atom stereocenters. The smallest absolute Gasteiger partial charge is 0.311 e. The zero-order chi connectivity index (χ0) is 14.8. The van der Waals surface area contributed by atoms with Crippen molar-refractivity contribution in [1.29, 1.82) is 0 Å². The number of hydrogen-bond donors (Lipinski definition) is 0. The van der Waals surface area contributed by atoms with Crippen molar-refractivity contribution in [3.05, 3.63) is 28.8 Å². The summed E-state index contributed by atoms with van der Waals surface area (Å²) in [6.07, 6.45) is 0. The largest absolute Gasteiger partial charge is 0.442 e. The standard InChI is InChI=1S/C14H28O2Si3/c1-11-9-10-14(13(3)12(11)2)18(5,6)16-19(7,8)15-17-4/h9-10H,17H2,1-8H3. The molecule has 0 radical (unpaired) electrons. The molecule has 0 heterocycles. The monoisotopic (exact) mass is 312 g/mol. The first-order valence-electron chi connectivity index (χ1n) is 7.02. The van der Waals surface area contributed by atoms with Gasteiger partial charge in [-0.3, -0.25) is 0 Å². The lowest BCUT2D eigenvalue weighted by Crippen LogP contribution is -2.55. The molecule has 2 nitrogen and oxygen atoms in total. The predicted molar refractivity (Wildman–Crippen MR) is 91.8 cm³/mol. The van der Waals surface area contributed by atoms with Crippen molar-refractivity contribution in [2.45, 2.75) is 53.5 Å². The number of benzene rings is 1. The van der Waals surface area contributed by atoms with Gasteiger partial charge in [-0.1, -0.05) is 18.7 Å². The molecule has 0 amide bonds. The minimum Gasteiger partial charge on any atom is -0.442 e. The Bertz CT molecular complexity index is 456. The van der Waals surface area contributed by atoms with Gasteiger partial charge < -0.3 is 8.23 Å². The van der Waals surface area contributed by atoms with E-state index in [4.69, 9.17) is 8.23 Å². The first kappa shape index (κ1) is 16.8. The molecule has 5 heteroatoms. The molecule has 0 aliphatic carbocycles. The number of aryl methyl sites for hydroxylation is 1. The highest BCUT2D eigenvalue weighted by Gasteiger charge is 2.36. The van der Waals surface area contributed by atoms with Gasteiger partial charge in [-0.05, 0) is 68.8 Å². The number of hydrogen-bond acceptors (Lipinski definition) is 2. The van der Waals surface area contributed by atoms with Crippen LogP contribution in [0.25, 0.3) is 0 Å². The third-order valence-corrected chi connectivity index (χ3v) is 13.5. The van der Waals surface area contributed by atoms with Gasteiger partial charge in [0.05, 0.1) is 0 Å². The highest BCUT2D eigenvalue weighted by atomic mass is 28.5. The maximum atomic E-state index is 6.52. The summed E-state index contributed by atoms with van der Waals surface area (Å²) in [5.74, 6) is 0. The van der Waals surface area contributed by atoms with E-state index in [0.717, 1.165) is 0 Å². The second-order valence-corrected chi connectivity index (χ2v) is 15.0. The summed E-state index contributed by atoms with van der Waals surface area (Å²) in [6, 6.07) is 4.48. The van der Waals surface area contributed by atoms with Crippen molar-refractivity contribution in [1.82, 2.24) is 0 Å². The highest BCUT2D eigenvalue weighted by Crippen LogP contribution is 2.19. The fraction of sp³-hybridized carbons (Fsp3) is 0.571. The van der Waals surface area contributed by atoms with Crippen LogP contribution in [0.3, 0.4) is 0 Å². The molecule has 0 aromatic heterocycles. The van der Waals surface area contributed by atoms with Crippen molar-refractivity contribution in [2.24, 2.45) is 0 Å². The van der Waals surface area contributed by atoms with Crippen molar-refractivity contribution in [3.8, 4) is 0 Å². The van der Waals surface area contributed by atoms with E-state index in [9.17, 15) is 0 Å². The summed E-state index contributed by atoms with van der Waals surface area (Å²) < 4.78 is 12.5. The molecule has 1 aromatic rings. The van der Waals surface area contributed by atoms with Crippen LogP contribution < -0.4 is 5.19 Å². The van der Waals surface area contributed by atoms with E-state index in [0.29, 0.717) is 0 Å². The molecule has 0 aliphatic heterocycles. The van der Waals surface area contributed by atoms with Crippen LogP contribution in [0, 0.1) is 20.8 Å². The van der Waals surface area contributed by atoms with Gasteiger partial charge in [0.2, 0.25) is 8.32 Å². The maximum absolute atomic E-state index is 6.52. The van der Waals surface area contributed by atoms with E-state index in [1.807, 2.05) is 0 Å². The van der Waals surface area contributed by atoms with Crippen LogP contribution in [0.1, 0.15) is 16.7 Å². The lowest BCUT2D eigenvalue weighted by atomic mass is 10.1. The van der Waals surface area contributed by atoms with Crippen LogP contribution in [-0.2, 0) is 8.23 Å². The molecule has 0 N–H and O–H groups in total. The maximum Gasteiger partial charge on any atom is 0.311 e. The zero-order valence-corrected chi connectivity index (χ0v) is 17.1. The fourth-order valence-electron chi connectivity index (χ4n) is 2.65. The lowest BCUT2D eigenvalue weighted by molar-refractivity contribution is 0.415. The fourth-order valence-corrected chi connectivity index (χ4v) is 13.1. The third kappa shape index (κ3) is 4.13. The summed E-state index contributed by atoms with van der Waals surface area (Å²) >= 11 is 0. The first-order chi connectivity index (χ1) is 8.60. The van der Waals surface area contributed by atoms with Crippen molar-refractivity contribution < 1.29 is 8.23 Å². The molecule has 19 heavy (non-hydrogen) atoms. The molecule has 0 fully saturated rings. The SMILES string of the molecule is C[SiH2]O[Si](C)(C)O[Si](C)(C)c1ccc(C)c(C)c1C. The van der Waals surface area contributed by atoms with Crippen LogP contribution in [-0.4, -0.2) is 26.6 Å². The number of rotatable bonds is 5. The molecule has 0 saturated carbocycles. The van der Waals surface area contributed by atoms with Gasteiger partial charge in [-0.2, -0.15) is 0 Å². The normalized spacial score (nSPS) is 13.5. The second-order valence-electron chi connectivity index (χ2n) is 6.13. The van der Waals surface area contributed by atoms with Crippen LogP contribution in [0.4, 0.5) is 0 Å². The summed E-state index contributed by atoms with van der Waals surface area (Å²) in [5.41, 5.74) is 4.15. The Labute approximate surface area is 122 Å². The van der Waals surface area contributed by atoms with Gasteiger partial charge in [-0.15, -0.1) is 0 Å². The van der Waals surface area contributed by atoms with Gasteiger partial charge in [0, 0.05) is 0 Å². The lowest BCUT2D eigenvalue weighted by Gasteiger charge is -2.35. The highest BCUT2D eigenvalue weighted by molar-refractivity contribution is 6.91. The van der Waals surface area contributed by atoms with E-state index in [1.165, 1.54) is 21.9 Å². The molecule has 1 aromatic carbocycles.